The van der Waals surface area contributed by atoms with E-state index < -0.39 is 0 Å². The van der Waals surface area contributed by atoms with Gasteiger partial charge in [0.05, 0.1) is 11.6 Å². The normalized spacial score (nSPS) is 24.9. The molecule has 0 saturated heterocycles. The van der Waals surface area contributed by atoms with Crippen molar-refractivity contribution < 1.29 is 0 Å². The van der Waals surface area contributed by atoms with Crippen LogP contribution in [0.15, 0.2) is 24.3 Å². The van der Waals surface area contributed by atoms with Crippen molar-refractivity contribution in [1.82, 2.24) is 9.78 Å². The molecule has 2 atom stereocenters. The van der Waals surface area contributed by atoms with E-state index in [-0.39, 0.29) is 0 Å². The minimum Gasteiger partial charge on any atom is -0.367 e. The molecule has 0 radical (unpaired) electrons. The van der Waals surface area contributed by atoms with Crippen LogP contribution in [0.1, 0.15) is 26.3 Å². The van der Waals surface area contributed by atoms with Crippen molar-refractivity contribution in [1.29, 1.82) is 0 Å². The quantitative estimate of drug-likeness (QED) is 0.710. The van der Waals surface area contributed by atoms with Crippen LogP contribution in [0.25, 0.3) is 10.9 Å². The zero-order valence-electron chi connectivity index (χ0n) is 9.07. The summed E-state index contributed by atoms with van der Waals surface area (Å²) in [7, 11) is 0. The molecule has 3 rings (SSSR count). The summed E-state index contributed by atoms with van der Waals surface area (Å²) in [4.78, 5) is 0. The smallest absolute Gasteiger partial charge is 0.132 e. The van der Waals surface area contributed by atoms with E-state index in [9.17, 15) is 0 Å². The van der Waals surface area contributed by atoms with Crippen molar-refractivity contribution in [3.8, 4) is 0 Å². The maximum atomic E-state index is 4.62. The molecule has 2 heterocycles. The number of benzene rings is 1. The molecule has 3 nitrogen and oxygen atoms in total. The second-order valence-corrected chi connectivity index (χ2v) is 4.44. The second-order valence-electron chi connectivity index (χ2n) is 4.44. The van der Waals surface area contributed by atoms with E-state index in [1.54, 1.807) is 0 Å². The van der Waals surface area contributed by atoms with Gasteiger partial charge in [-0.25, -0.2) is 4.68 Å². The highest BCUT2D eigenvalue weighted by Gasteiger charge is 2.23. The van der Waals surface area contributed by atoms with E-state index in [1.165, 1.54) is 11.2 Å². The molecule has 0 spiro atoms. The third-order valence-electron chi connectivity index (χ3n) is 3.10. The summed E-state index contributed by atoms with van der Waals surface area (Å²) in [5, 5.41) is 9.37. The van der Waals surface area contributed by atoms with Crippen LogP contribution < -0.4 is 5.32 Å². The van der Waals surface area contributed by atoms with Crippen LogP contribution in [0, 0.1) is 0 Å². The fourth-order valence-corrected chi connectivity index (χ4v) is 2.42. The van der Waals surface area contributed by atoms with Gasteiger partial charge in [0.1, 0.15) is 5.82 Å². The van der Waals surface area contributed by atoms with Crippen LogP contribution in [-0.2, 0) is 0 Å². The van der Waals surface area contributed by atoms with E-state index in [2.05, 4.69) is 47.1 Å². The molecule has 3 heteroatoms. The highest BCUT2D eigenvalue weighted by molar-refractivity contribution is 5.90. The Balaban J connectivity index is 2.27. The van der Waals surface area contributed by atoms with Crippen LogP contribution in [0.3, 0.4) is 0 Å². The van der Waals surface area contributed by atoms with Crippen molar-refractivity contribution in [3.05, 3.63) is 24.3 Å². The summed E-state index contributed by atoms with van der Waals surface area (Å²) in [6.07, 6.45) is 1.14. The number of nitrogens with one attached hydrogen (secondary N) is 1. The molecule has 2 aromatic rings. The van der Waals surface area contributed by atoms with Crippen LogP contribution >= 0.6 is 0 Å². The predicted octanol–water partition coefficient (Wildman–Crippen LogP) is 2.80. The van der Waals surface area contributed by atoms with Gasteiger partial charge in [0.25, 0.3) is 0 Å². The Morgan fingerprint density at radius 1 is 1.33 bits per heavy atom. The Labute approximate surface area is 89.1 Å². The average molecular weight is 201 g/mol. The summed E-state index contributed by atoms with van der Waals surface area (Å²) in [6.45, 7) is 4.45. The third-order valence-corrected chi connectivity index (χ3v) is 3.10. The molecule has 1 aliphatic heterocycles. The van der Waals surface area contributed by atoms with Gasteiger partial charge in [0.2, 0.25) is 0 Å². The Kier molecular flexibility index (Phi) is 1.75. The summed E-state index contributed by atoms with van der Waals surface area (Å²) < 4.78 is 2.12. The van der Waals surface area contributed by atoms with Crippen LogP contribution in [0.2, 0.25) is 0 Å². The monoisotopic (exact) mass is 201 g/mol. The minimum absolute atomic E-state index is 0.489. The van der Waals surface area contributed by atoms with Gasteiger partial charge < -0.3 is 5.32 Å². The highest BCUT2D eigenvalue weighted by atomic mass is 15.4. The lowest BCUT2D eigenvalue weighted by Gasteiger charge is -2.28. The summed E-state index contributed by atoms with van der Waals surface area (Å²) >= 11 is 0. The fraction of sp³-hybridized carbons (Fsp3) is 0.417. The van der Waals surface area contributed by atoms with Crippen molar-refractivity contribution in [2.75, 3.05) is 5.32 Å². The van der Waals surface area contributed by atoms with Gasteiger partial charge >= 0.3 is 0 Å². The predicted molar refractivity (Wildman–Crippen MR) is 62.1 cm³/mol. The molecular formula is C12H15N3. The molecule has 78 valence electrons. The SMILES string of the molecule is CC1CC(C)n2nc3ccccc3c2N1. The first-order chi connectivity index (χ1) is 7.25. The molecule has 2 unspecified atom stereocenters. The maximum absolute atomic E-state index is 4.62. The summed E-state index contributed by atoms with van der Waals surface area (Å²) in [5.41, 5.74) is 1.08. The largest absolute Gasteiger partial charge is 0.367 e. The molecule has 0 fully saturated rings. The first-order valence-corrected chi connectivity index (χ1v) is 5.49. The van der Waals surface area contributed by atoms with Gasteiger partial charge in [-0.3, -0.25) is 0 Å². The van der Waals surface area contributed by atoms with Gasteiger partial charge in [0, 0.05) is 11.4 Å². The lowest BCUT2D eigenvalue weighted by atomic mass is 10.1. The number of rotatable bonds is 0. The zero-order valence-corrected chi connectivity index (χ0v) is 9.07. The highest BCUT2D eigenvalue weighted by Crippen LogP contribution is 2.32. The summed E-state index contributed by atoms with van der Waals surface area (Å²) in [6, 6.07) is 9.33. The molecule has 1 aromatic carbocycles. The number of hydrogen-bond donors (Lipinski definition) is 1. The summed E-state index contributed by atoms with van der Waals surface area (Å²) in [5.74, 6) is 1.18. The number of anilines is 1. The lowest BCUT2D eigenvalue weighted by molar-refractivity contribution is 0.417. The number of hydrogen-bond acceptors (Lipinski definition) is 2. The Hall–Kier alpha value is -1.51. The molecule has 0 aliphatic carbocycles. The van der Waals surface area contributed by atoms with E-state index >= 15 is 0 Å². The van der Waals surface area contributed by atoms with Crippen LogP contribution in [-0.4, -0.2) is 15.8 Å². The topological polar surface area (TPSA) is 29.9 Å². The van der Waals surface area contributed by atoms with E-state index in [1.807, 2.05) is 6.07 Å². The van der Waals surface area contributed by atoms with Gasteiger partial charge in [0.15, 0.2) is 0 Å². The Morgan fingerprint density at radius 2 is 2.13 bits per heavy atom. The van der Waals surface area contributed by atoms with Crippen molar-refractivity contribution in [2.24, 2.45) is 0 Å². The molecule has 0 saturated carbocycles. The standard InChI is InChI=1S/C12H15N3/c1-8-7-9(2)15-12(13-8)10-5-3-4-6-11(10)14-15/h3-6,8-9,13H,7H2,1-2H3. The third kappa shape index (κ3) is 1.23. The molecule has 0 bridgehead atoms. The van der Waals surface area contributed by atoms with Gasteiger partial charge in [-0.05, 0) is 32.4 Å². The van der Waals surface area contributed by atoms with Gasteiger partial charge in [-0.15, -0.1) is 0 Å². The van der Waals surface area contributed by atoms with Crippen LogP contribution in [0.4, 0.5) is 5.82 Å². The van der Waals surface area contributed by atoms with Gasteiger partial charge in [-0.2, -0.15) is 5.10 Å². The lowest BCUT2D eigenvalue weighted by Crippen LogP contribution is -2.28. The van der Waals surface area contributed by atoms with Crippen molar-refractivity contribution in [2.45, 2.75) is 32.4 Å². The Bertz CT molecular complexity index is 501. The number of nitrogens with zero attached hydrogens (tertiary/aromatic N) is 2. The average Bonchev–Trinajstić information content (AvgIpc) is 2.57. The van der Waals surface area contributed by atoms with E-state index in [0.29, 0.717) is 12.1 Å². The number of fused-ring (bicyclic) bond motifs is 3. The molecule has 1 aliphatic rings. The Morgan fingerprint density at radius 3 is 3.00 bits per heavy atom. The van der Waals surface area contributed by atoms with E-state index in [4.69, 9.17) is 0 Å². The minimum atomic E-state index is 0.489. The van der Waals surface area contributed by atoms with Gasteiger partial charge in [-0.1, -0.05) is 12.1 Å². The van der Waals surface area contributed by atoms with E-state index in [0.717, 1.165) is 11.9 Å². The van der Waals surface area contributed by atoms with Crippen molar-refractivity contribution in [3.63, 3.8) is 0 Å². The molecule has 1 aromatic heterocycles. The maximum Gasteiger partial charge on any atom is 0.132 e. The first kappa shape index (κ1) is 8.77. The molecular weight excluding hydrogens is 186 g/mol. The number of aromatic nitrogens is 2. The van der Waals surface area contributed by atoms with Crippen LogP contribution in [0.5, 0.6) is 0 Å². The second kappa shape index (κ2) is 2.99. The zero-order chi connectivity index (χ0) is 10.4. The molecule has 15 heavy (non-hydrogen) atoms. The molecule has 0 amide bonds. The molecule has 1 N–H and O–H groups in total. The van der Waals surface area contributed by atoms with Crippen molar-refractivity contribution >= 4 is 16.7 Å². The fourth-order valence-electron chi connectivity index (χ4n) is 2.42. The first-order valence-electron chi connectivity index (χ1n) is 5.49.